The molecule has 120 valence electrons. The summed E-state index contributed by atoms with van der Waals surface area (Å²) < 4.78 is 39.5. The Bertz CT molecular complexity index is 714. The molecule has 1 aliphatic rings. The van der Waals surface area contributed by atoms with Gasteiger partial charge in [0.25, 0.3) is 0 Å². The topological polar surface area (TPSA) is 32.3 Å². The molecule has 1 aliphatic carbocycles. The molecule has 1 saturated carbocycles. The van der Waals surface area contributed by atoms with Crippen LogP contribution in [0.15, 0.2) is 42.5 Å². The minimum atomic E-state index is -0.823. The third kappa shape index (κ3) is 3.83. The van der Waals surface area contributed by atoms with Crippen LogP contribution in [0.5, 0.6) is 0 Å². The highest BCUT2D eigenvalue weighted by atomic mass is 19.1. The second-order valence-electron chi connectivity index (χ2n) is 5.54. The van der Waals surface area contributed by atoms with Gasteiger partial charge in [-0.15, -0.1) is 0 Å². The SMILES string of the molecule is O=C(Nc1ccc(F)cc1F)N(Cc1ccc(F)cc1)C1CC1. The summed E-state index contributed by atoms with van der Waals surface area (Å²) in [5, 5.41) is 2.46. The van der Waals surface area contributed by atoms with Crippen molar-refractivity contribution < 1.29 is 18.0 Å². The maximum Gasteiger partial charge on any atom is 0.322 e. The van der Waals surface area contributed by atoms with Crippen LogP contribution in [0.1, 0.15) is 18.4 Å². The number of hydrogen-bond acceptors (Lipinski definition) is 1. The number of halogens is 3. The average Bonchev–Trinajstić information content (AvgIpc) is 3.34. The zero-order chi connectivity index (χ0) is 16.4. The third-order valence-corrected chi connectivity index (χ3v) is 3.69. The summed E-state index contributed by atoms with van der Waals surface area (Å²) in [4.78, 5) is 14.0. The minimum absolute atomic E-state index is 0.0684. The van der Waals surface area contributed by atoms with Crippen molar-refractivity contribution in [3.8, 4) is 0 Å². The van der Waals surface area contributed by atoms with E-state index in [0.29, 0.717) is 6.54 Å². The Hall–Kier alpha value is -2.50. The van der Waals surface area contributed by atoms with E-state index in [-0.39, 0.29) is 17.5 Å². The lowest BCUT2D eigenvalue weighted by Crippen LogP contribution is -2.36. The van der Waals surface area contributed by atoms with E-state index in [1.165, 1.54) is 18.2 Å². The second kappa shape index (κ2) is 6.32. The first-order valence-corrected chi connectivity index (χ1v) is 7.30. The first-order valence-electron chi connectivity index (χ1n) is 7.30. The third-order valence-electron chi connectivity index (χ3n) is 3.69. The van der Waals surface area contributed by atoms with Gasteiger partial charge in [-0.1, -0.05) is 12.1 Å². The van der Waals surface area contributed by atoms with E-state index in [1.54, 1.807) is 17.0 Å². The van der Waals surface area contributed by atoms with Crippen molar-refractivity contribution in [3.05, 3.63) is 65.5 Å². The summed E-state index contributed by atoms with van der Waals surface area (Å²) in [6.45, 7) is 0.305. The lowest BCUT2D eigenvalue weighted by atomic mass is 10.2. The molecule has 0 bridgehead atoms. The maximum absolute atomic E-state index is 13.6. The molecule has 0 aliphatic heterocycles. The van der Waals surface area contributed by atoms with Crippen LogP contribution in [0.25, 0.3) is 0 Å². The Morgan fingerprint density at radius 1 is 1.04 bits per heavy atom. The fraction of sp³-hybridized carbons (Fsp3) is 0.235. The number of carbonyl (C=O) groups excluding carboxylic acids is 1. The van der Waals surface area contributed by atoms with E-state index >= 15 is 0 Å². The van der Waals surface area contributed by atoms with Crippen LogP contribution in [0, 0.1) is 17.5 Å². The minimum Gasteiger partial charge on any atom is -0.317 e. The molecule has 0 aromatic heterocycles. The van der Waals surface area contributed by atoms with Gasteiger partial charge in [-0.2, -0.15) is 0 Å². The lowest BCUT2D eigenvalue weighted by molar-refractivity contribution is 0.206. The van der Waals surface area contributed by atoms with Gasteiger partial charge >= 0.3 is 6.03 Å². The molecular weight excluding hydrogens is 305 g/mol. The molecule has 2 aromatic carbocycles. The summed E-state index contributed by atoms with van der Waals surface area (Å²) in [7, 11) is 0. The number of benzene rings is 2. The van der Waals surface area contributed by atoms with Crippen molar-refractivity contribution in [2.24, 2.45) is 0 Å². The van der Waals surface area contributed by atoms with Gasteiger partial charge < -0.3 is 10.2 Å². The molecule has 0 saturated heterocycles. The van der Waals surface area contributed by atoms with E-state index in [0.717, 1.165) is 30.5 Å². The van der Waals surface area contributed by atoms with Crippen molar-refractivity contribution in [1.82, 2.24) is 4.90 Å². The van der Waals surface area contributed by atoms with E-state index in [2.05, 4.69) is 5.32 Å². The lowest BCUT2D eigenvalue weighted by Gasteiger charge is -2.23. The van der Waals surface area contributed by atoms with Crippen LogP contribution < -0.4 is 5.32 Å². The maximum atomic E-state index is 13.6. The number of urea groups is 1. The van der Waals surface area contributed by atoms with E-state index < -0.39 is 17.7 Å². The van der Waals surface area contributed by atoms with Crippen molar-refractivity contribution in [3.63, 3.8) is 0 Å². The molecular formula is C17H15F3N2O. The number of amides is 2. The van der Waals surface area contributed by atoms with Crippen molar-refractivity contribution in [2.45, 2.75) is 25.4 Å². The summed E-state index contributed by atoms with van der Waals surface area (Å²) in [6.07, 6.45) is 1.75. The molecule has 0 heterocycles. The van der Waals surface area contributed by atoms with Gasteiger partial charge in [-0.3, -0.25) is 0 Å². The fourth-order valence-electron chi connectivity index (χ4n) is 2.32. The molecule has 6 heteroatoms. The zero-order valence-corrected chi connectivity index (χ0v) is 12.2. The van der Waals surface area contributed by atoms with Crippen molar-refractivity contribution in [1.29, 1.82) is 0 Å². The number of hydrogen-bond donors (Lipinski definition) is 1. The Balaban J connectivity index is 1.72. The molecule has 2 aromatic rings. The Labute approximate surface area is 131 Å². The zero-order valence-electron chi connectivity index (χ0n) is 12.2. The van der Waals surface area contributed by atoms with E-state index in [4.69, 9.17) is 0 Å². The van der Waals surface area contributed by atoms with Gasteiger partial charge in [-0.25, -0.2) is 18.0 Å². The van der Waals surface area contributed by atoms with Crippen LogP contribution in [0.4, 0.5) is 23.7 Å². The highest BCUT2D eigenvalue weighted by Crippen LogP contribution is 2.29. The predicted octanol–water partition coefficient (Wildman–Crippen LogP) is 4.30. The number of carbonyl (C=O) groups is 1. The van der Waals surface area contributed by atoms with Gasteiger partial charge in [0, 0.05) is 18.7 Å². The van der Waals surface area contributed by atoms with Crippen molar-refractivity contribution >= 4 is 11.7 Å². The van der Waals surface area contributed by atoms with Crippen LogP contribution >= 0.6 is 0 Å². The van der Waals surface area contributed by atoms with Gasteiger partial charge in [0.2, 0.25) is 0 Å². The normalized spacial score (nSPS) is 13.7. The molecule has 1 fully saturated rings. The van der Waals surface area contributed by atoms with Crippen molar-refractivity contribution in [2.75, 3.05) is 5.32 Å². The summed E-state index contributed by atoms with van der Waals surface area (Å²) in [5.41, 5.74) is 0.717. The number of nitrogens with zero attached hydrogens (tertiary/aromatic N) is 1. The molecule has 0 unspecified atom stereocenters. The van der Waals surface area contributed by atoms with Crippen LogP contribution in [0.3, 0.4) is 0 Å². The van der Waals surface area contributed by atoms with E-state index in [1.807, 2.05) is 0 Å². The number of rotatable bonds is 4. The molecule has 3 nitrogen and oxygen atoms in total. The number of nitrogens with one attached hydrogen (secondary N) is 1. The molecule has 2 amide bonds. The van der Waals surface area contributed by atoms with Gasteiger partial charge in [0.1, 0.15) is 17.5 Å². The molecule has 0 atom stereocenters. The quantitative estimate of drug-likeness (QED) is 0.895. The standard InChI is InChI=1S/C17H15F3N2O/c18-12-3-1-11(2-4-12)10-22(14-6-7-14)17(23)21-16-8-5-13(19)9-15(16)20/h1-5,8-9,14H,6-7,10H2,(H,21,23). The largest absolute Gasteiger partial charge is 0.322 e. The smallest absolute Gasteiger partial charge is 0.317 e. The Kier molecular flexibility index (Phi) is 4.23. The first-order chi connectivity index (χ1) is 11.0. The molecule has 3 rings (SSSR count). The molecule has 1 N–H and O–H groups in total. The average molecular weight is 320 g/mol. The number of anilines is 1. The first kappa shape index (κ1) is 15.4. The molecule has 0 spiro atoms. The van der Waals surface area contributed by atoms with Gasteiger partial charge in [0.05, 0.1) is 5.69 Å². The van der Waals surface area contributed by atoms with E-state index in [9.17, 15) is 18.0 Å². The molecule has 0 radical (unpaired) electrons. The summed E-state index contributed by atoms with van der Waals surface area (Å²) >= 11 is 0. The summed E-state index contributed by atoms with van der Waals surface area (Å²) in [5.74, 6) is -1.87. The second-order valence-corrected chi connectivity index (χ2v) is 5.54. The van der Waals surface area contributed by atoms with Crippen LogP contribution in [-0.2, 0) is 6.54 Å². The molecule has 23 heavy (non-hydrogen) atoms. The highest BCUT2D eigenvalue weighted by Gasteiger charge is 2.32. The fourth-order valence-corrected chi connectivity index (χ4v) is 2.32. The summed E-state index contributed by atoms with van der Waals surface area (Å²) in [6, 6.07) is 8.50. The Morgan fingerprint density at radius 2 is 1.70 bits per heavy atom. The van der Waals surface area contributed by atoms with Gasteiger partial charge in [-0.05, 0) is 42.7 Å². The van der Waals surface area contributed by atoms with Gasteiger partial charge in [0.15, 0.2) is 0 Å². The predicted molar refractivity (Wildman–Crippen MR) is 80.3 cm³/mol. The van der Waals surface area contributed by atoms with Crippen LogP contribution in [-0.4, -0.2) is 17.0 Å². The monoisotopic (exact) mass is 320 g/mol. The Morgan fingerprint density at radius 3 is 2.30 bits per heavy atom. The highest BCUT2D eigenvalue weighted by molar-refractivity contribution is 5.89. The van der Waals surface area contributed by atoms with Crippen LogP contribution in [0.2, 0.25) is 0 Å².